The second-order valence-electron chi connectivity index (χ2n) is 2.65. The molecule has 0 heterocycles. The lowest BCUT2D eigenvalue weighted by Crippen LogP contribution is -2.25. The van der Waals surface area contributed by atoms with Crippen molar-refractivity contribution in [2.75, 3.05) is 13.2 Å². The number of alkyl halides is 6. The van der Waals surface area contributed by atoms with Gasteiger partial charge in [-0.15, -0.1) is 0 Å². The van der Waals surface area contributed by atoms with Gasteiger partial charge < -0.3 is 9.47 Å². The van der Waals surface area contributed by atoms with E-state index in [0.29, 0.717) is 0 Å². The Bertz CT molecular complexity index is 284. The Morgan fingerprint density at radius 2 is 1.24 bits per heavy atom. The lowest BCUT2D eigenvalue weighted by Gasteiger charge is -2.13. The molecule has 0 N–H and O–H groups in total. The second-order valence-corrected chi connectivity index (χ2v) is 2.65. The average Bonchev–Trinajstić information content (AvgIpc) is 2.10. The van der Waals surface area contributed by atoms with E-state index < -0.39 is 23.9 Å². The molecule has 0 aromatic heterocycles. The molecule has 0 aromatic rings. The van der Waals surface area contributed by atoms with Gasteiger partial charge in [-0.3, -0.25) is 0 Å². The Morgan fingerprint density at radius 1 is 0.882 bits per heavy atom. The van der Waals surface area contributed by atoms with E-state index in [1.165, 1.54) is 13.8 Å². The highest BCUT2D eigenvalue weighted by Gasteiger charge is 2.51. The first-order valence-corrected chi connectivity index (χ1v) is 4.53. The highest BCUT2D eigenvalue weighted by Crippen LogP contribution is 2.38. The molecule has 0 atom stereocenters. The van der Waals surface area contributed by atoms with E-state index in [9.17, 15) is 26.3 Å². The molecule has 0 saturated carbocycles. The summed E-state index contributed by atoms with van der Waals surface area (Å²) >= 11 is 0. The van der Waals surface area contributed by atoms with Crippen molar-refractivity contribution in [3.8, 4) is 0 Å². The normalized spacial score (nSPS) is 11.8. The van der Waals surface area contributed by atoms with Crippen LogP contribution in [0.15, 0.2) is 17.2 Å². The third-order valence-electron chi connectivity index (χ3n) is 1.34. The number of allylic oxidation sites excluding steroid dienone is 1. The van der Waals surface area contributed by atoms with Crippen molar-refractivity contribution in [3.05, 3.63) is 17.2 Å². The van der Waals surface area contributed by atoms with Gasteiger partial charge in [0.05, 0.1) is 13.2 Å². The number of rotatable bonds is 4. The van der Waals surface area contributed by atoms with Gasteiger partial charge in [0.2, 0.25) is 0 Å². The van der Waals surface area contributed by atoms with Crippen LogP contribution in [0.25, 0.3) is 0 Å². The predicted molar refractivity (Wildman–Crippen MR) is 45.9 cm³/mol. The molecule has 0 spiro atoms. The average molecular weight is 264 g/mol. The Morgan fingerprint density at radius 3 is 1.47 bits per heavy atom. The van der Waals surface area contributed by atoms with Gasteiger partial charge in [-0.25, -0.2) is 0 Å². The van der Waals surface area contributed by atoms with E-state index in [2.05, 4.69) is 9.47 Å². The second kappa shape index (κ2) is 5.86. The van der Waals surface area contributed by atoms with Crippen LogP contribution in [0, 0.1) is 0 Å². The van der Waals surface area contributed by atoms with Crippen LogP contribution in [0.4, 0.5) is 26.3 Å². The van der Waals surface area contributed by atoms with E-state index in [1.807, 2.05) is 0 Å². The quantitative estimate of drug-likeness (QED) is 0.439. The fourth-order valence-corrected chi connectivity index (χ4v) is 0.781. The van der Waals surface area contributed by atoms with E-state index in [-0.39, 0.29) is 13.2 Å². The van der Waals surface area contributed by atoms with Crippen molar-refractivity contribution in [2.24, 2.45) is 0 Å². The molecule has 0 aromatic carbocycles. The molecule has 0 aliphatic carbocycles. The first-order chi connectivity index (χ1) is 7.62. The number of halogens is 6. The van der Waals surface area contributed by atoms with E-state index in [1.54, 1.807) is 0 Å². The molecule has 17 heavy (non-hydrogen) atoms. The van der Waals surface area contributed by atoms with Crippen LogP contribution >= 0.6 is 0 Å². The van der Waals surface area contributed by atoms with Gasteiger partial charge in [0, 0.05) is 0 Å². The van der Waals surface area contributed by atoms with Crippen LogP contribution in [0.5, 0.6) is 0 Å². The van der Waals surface area contributed by atoms with Gasteiger partial charge in [-0.2, -0.15) is 26.3 Å². The van der Waals surface area contributed by atoms with Crippen LogP contribution in [-0.4, -0.2) is 25.6 Å². The summed E-state index contributed by atoms with van der Waals surface area (Å²) in [5.41, 5.74) is -1.72. The van der Waals surface area contributed by atoms with Crippen molar-refractivity contribution in [3.63, 3.8) is 0 Å². The zero-order chi connectivity index (χ0) is 13.7. The van der Waals surface area contributed by atoms with Gasteiger partial charge in [0.15, 0.2) is 5.57 Å². The van der Waals surface area contributed by atoms with Crippen molar-refractivity contribution in [1.82, 2.24) is 0 Å². The summed E-state index contributed by atoms with van der Waals surface area (Å²) in [6.45, 7) is 2.51. The molecular weight excluding hydrogens is 254 g/mol. The highest BCUT2D eigenvalue weighted by atomic mass is 19.4. The third-order valence-corrected chi connectivity index (χ3v) is 1.34. The third kappa shape index (κ3) is 5.53. The summed E-state index contributed by atoms with van der Waals surface area (Å²) in [6, 6.07) is 0. The summed E-state index contributed by atoms with van der Waals surface area (Å²) in [7, 11) is 0. The fourth-order valence-electron chi connectivity index (χ4n) is 0.781. The minimum Gasteiger partial charge on any atom is -0.460 e. The summed E-state index contributed by atoms with van der Waals surface area (Å²) in [6.07, 6.45) is -11.1. The van der Waals surface area contributed by atoms with Crippen LogP contribution < -0.4 is 0 Å². The maximum atomic E-state index is 12.1. The van der Waals surface area contributed by atoms with Crippen LogP contribution in [0.1, 0.15) is 13.8 Å². The van der Waals surface area contributed by atoms with Crippen LogP contribution in [0.3, 0.4) is 0 Å². The number of hydrogen-bond donors (Lipinski definition) is 0. The molecule has 0 rings (SSSR count). The number of hydrogen-bond acceptors (Lipinski definition) is 2. The Labute approximate surface area is 93.5 Å². The van der Waals surface area contributed by atoms with Crippen LogP contribution in [0.2, 0.25) is 0 Å². The molecule has 2 nitrogen and oxygen atoms in total. The summed E-state index contributed by atoms with van der Waals surface area (Å²) in [5, 5.41) is 0. The molecular formula is C9H10F6O2. The molecule has 0 saturated heterocycles. The maximum Gasteiger partial charge on any atom is 0.428 e. The molecule has 8 heteroatoms. The van der Waals surface area contributed by atoms with Crippen molar-refractivity contribution in [1.29, 1.82) is 0 Å². The van der Waals surface area contributed by atoms with Crippen LogP contribution in [-0.2, 0) is 9.47 Å². The monoisotopic (exact) mass is 264 g/mol. The highest BCUT2D eigenvalue weighted by molar-refractivity contribution is 5.15. The van der Waals surface area contributed by atoms with Crippen molar-refractivity contribution >= 4 is 0 Å². The molecule has 100 valence electrons. The molecule has 0 aliphatic rings. The minimum absolute atomic E-state index is 0.134. The first-order valence-electron chi connectivity index (χ1n) is 4.53. The van der Waals surface area contributed by atoms with Gasteiger partial charge in [-0.1, -0.05) is 0 Å². The van der Waals surface area contributed by atoms with Crippen molar-refractivity contribution < 1.29 is 35.8 Å². The zero-order valence-electron chi connectivity index (χ0n) is 9.00. The SMILES string of the molecule is CCOC(=C=C(C(F)(F)F)C(F)(F)F)OCC. The molecule has 0 radical (unpaired) electrons. The number of ether oxygens (including phenoxy) is 2. The van der Waals surface area contributed by atoms with E-state index in [0.717, 1.165) is 5.73 Å². The molecule has 0 unspecified atom stereocenters. The maximum absolute atomic E-state index is 12.1. The summed E-state index contributed by atoms with van der Waals surface area (Å²) in [4.78, 5) is 0. The lowest BCUT2D eigenvalue weighted by atomic mass is 10.2. The Hall–Kier alpha value is -1.30. The topological polar surface area (TPSA) is 18.5 Å². The Kier molecular flexibility index (Phi) is 5.41. The van der Waals surface area contributed by atoms with Crippen molar-refractivity contribution in [2.45, 2.75) is 26.2 Å². The van der Waals surface area contributed by atoms with Gasteiger partial charge in [-0.05, 0) is 19.6 Å². The minimum atomic E-state index is -5.57. The molecule has 0 fully saturated rings. The predicted octanol–water partition coefficient (Wildman–Crippen LogP) is 3.55. The first kappa shape index (κ1) is 15.7. The lowest BCUT2D eigenvalue weighted by molar-refractivity contribution is -0.172. The molecule has 0 amide bonds. The van der Waals surface area contributed by atoms with E-state index in [4.69, 9.17) is 0 Å². The Balaban J connectivity index is 5.60. The summed E-state index contributed by atoms with van der Waals surface area (Å²) < 4.78 is 81.6. The largest absolute Gasteiger partial charge is 0.460 e. The molecule has 0 bridgehead atoms. The van der Waals surface area contributed by atoms with Gasteiger partial charge in [0.25, 0.3) is 0 Å². The molecule has 0 aliphatic heterocycles. The smallest absolute Gasteiger partial charge is 0.428 e. The van der Waals surface area contributed by atoms with E-state index >= 15 is 0 Å². The van der Waals surface area contributed by atoms with Gasteiger partial charge in [0.1, 0.15) is 0 Å². The standard InChI is InChI=1S/C9H10F6O2/c1-3-16-7(17-4-2)5-6(8(10,11)12)9(13,14)15/h3-4H2,1-2H3. The summed E-state index contributed by atoms with van der Waals surface area (Å²) in [5.74, 6) is -0.931. The fraction of sp³-hybridized carbons (Fsp3) is 0.667. The zero-order valence-corrected chi connectivity index (χ0v) is 9.00. The van der Waals surface area contributed by atoms with Gasteiger partial charge >= 0.3 is 18.3 Å².